The van der Waals surface area contributed by atoms with Gasteiger partial charge in [0, 0.05) is 58.9 Å². The maximum atomic E-state index is 13.1. The molecule has 0 spiro atoms. The van der Waals surface area contributed by atoms with Crippen LogP contribution >= 0.6 is 7.82 Å². The Morgan fingerprint density at radius 3 is 1.95 bits per heavy atom. The summed E-state index contributed by atoms with van der Waals surface area (Å²) in [4.78, 5) is 77.2. The number of carbonyl (C=O) groups excluding carboxylic acids is 2. The second kappa shape index (κ2) is 22.8. The maximum Gasteiger partial charge on any atom is 0.527 e. The first-order valence-corrected chi connectivity index (χ1v) is 20.7. The molecular formula is C39H59N6O12P. The molecule has 1 saturated heterocycles. The van der Waals surface area contributed by atoms with Gasteiger partial charge in [0.1, 0.15) is 24.1 Å². The van der Waals surface area contributed by atoms with E-state index < -0.39 is 43.7 Å². The molecule has 3 atom stereocenters. The minimum atomic E-state index is -4.61. The lowest BCUT2D eigenvalue weighted by Gasteiger charge is -2.35. The van der Waals surface area contributed by atoms with Gasteiger partial charge in [0.05, 0.1) is 26.2 Å². The smallest absolute Gasteiger partial charge is 0.480 e. The zero-order valence-corrected chi connectivity index (χ0v) is 34.9. The Bertz CT molecular complexity index is 1790. The third-order valence-electron chi connectivity index (χ3n) is 10.1. The SMILES string of the molecule is Cc1cc(C)c(-c2cc(C)c(OP(=O)(O)OCCC[C@H](C(=O)O)N3CCN(CC=O)CCN(CC(=O)NCC(N)C(=O)O)CCN(CC(=O)O)CC3)cc2C)c(C)c1. The second-order valence-electron chi connectivity index (χ2n) is 14.8. The van der Waals surface area contributed by atoms with Crippen molar-refractivity contribution in [2.24, 2.45) is 5.73 Å². The summed E-state index contributed by atoms with van der Waals surface area (Å²) in [5.41, 5.74) is 12.4. The third kappa shape index (κ3) is 15.5. The van der Waals surface area contributed by atoms with Crippen molar-refractivity contribution < 1.29 is 57.8 Å². The van der Waals surface area contributed by atoms with Crippen LogP contribution in [-0.4, -0.2) is 167 Å². The summed E-state index contributed by atoms with van der Waals surface area (Å²) in [6, 6.07) is 5.48. The molecule has 19 heteroatoms. The van der Waals surface area contributed by atoms with Crippen LogP contribution in [0.2, 0.25) is 0 Å². The topological polar surface area (TPSA) is 253 Å². The van der Waals surface area contributed by atoms with Gasteiger partial charge in [-0.1, -0.05) is 17.7 Å². The number of amides is 1. The Morgan fingerprint density at radius 1 is 0.810 bits per heavy atom. The Morgan fingerprint density at radius 2 is 1.38 bits per heavy atom. The average molecular weight is 835 g/mol. The van der Waals surface area contributed by atoms with Crippen LogP contribution in [-0.2, 0) is 33.1 Å². The highest BCUT2D eigenvalue weighted by molar-refractivity contribution is 7.47. The van der Waals surface area contributed by atoms with E-state index in [9.17, 15) is 43.6 Å². The number of aliphatic carboxylic acids is 3. The molecule has 1 amide bonds. The number of carboxylic acids is 3. The van der Waals surface area contributed by atoms with Gasteiger partial charge >= 0.3 is 25.7 Å². The van der Waals surface area contributed by atoms with Gasteiger partial charge in [-0.25, -0.2) is 4.57 Å². The van der Waals surface area contributed by atoms with Crippen molar-refractivity contribution in [1.82, 2.24) is 24.9 Å². The van der Waals surface area contributed by atoms with Gasteiger partial charge < -0.3 is 35.7 Å². The maximum absolute atomic E-state index is 13.1. The molecule has 7 N–H and O–H groups in total. The van der Waals surface area contributed by atoms with E-state index >= 15 is 0 Å². The Hall–Kier alpha value is -4.26. The van der Waals surface area contributed by atoms with Crippen LogP contribution in [0.1, 0.15) is 40.7 Å². The highest BCUT2D eigenvalue weighted by Gasteiger charge is 2.29. The standard InChI is InChI=1S/C39H59N6O12P/c1-26-19-29(4)37(30(5)20-26)31-21-28(3)34(22-27(31)2)57-58(54,55)56-18-6-7-33(39(52)53)45-14-12-42(16-17-46)8-9-43(10-11-44(13-15-45)25-36(48)49)24-35(47)41-23-32(40)38(50)51/h17,19-22,32-33H,6-16,18,23-25,40H2,1-5H3,(H,41,47)(H,48,49)(H,50,51)(H,52,53)(H,54,55)/t32?,33-/m1/s1. The van der Waals surface area contributed by atoms with Gasteiger partial charge in [-0.3, -0.25) is 48.2 Å². The van der Waals surface area contributed by atoms with Crippen LogP contribution in [0.3, 0.4) is 0 Å². The van der Waals surface area contributed by atoms with Crippen LogP contribution in [0, 0.1) is 34.6 Å². The van der Waals surface area contributed by atoms with Gasteiger partial charge in [0.2, 0.25) is 5.91 Å². The van der Waals surface area contributed by atoms with E-state index in [0.717, 1.165) is 39.7 Å². The number of hydrogen-bond acceptors (Lipinski definition) is 13. The van der Waals surface area contributed by atoms with Gasteiger partial charge in [-0.2, -0.15) is 0 Å². The van der Waals surface area contributed by atoms with E-state index in [4.69, 9.17) is 19.9 Å². The monoisotopic (exact) mass is 834 g/mol. The molecular weight excluding hydrogens is 775 g/mol. The largest absolute Gasteiger partial charge is 0.527 e. The fourth-order valence-corrected chi connectivity index (χ4v) is 7.92. The molecule has 0 saturated carbocycles. The van der Waals surface area contributed by atoms with E-state index in [1.807, 2.05) is 38.7 Å². The van der Waals surface area contributed by atoms with Gasteiger partial charge in [-0.15, -0.1) is 0 Å². The summed E-state index contributed by atoms with van der Waals surface area (Å²) >= 11 is 0. The molecule has 2 aromatic carbocycles. The second-order valence-corrected chi connectivity index (χ2v) is 16.2. The quantitative estimate of drug-likeness (QED) is 0.0669. The summed E-state index contributed by atoms with van der Waals surface area (Å²) in [6.07, 6.45) is 0.827. The van der Waals surface area contributed by atoms with E-state index in [1.165, 1.54) is 0 Å². The number of carboxylic acid groups (broad SMARTS) is 3. The highest BCUT2D eigenvalue weighted by Crippen LogP contribution is 2.46. The van der Waals surface area contributed by atoms with E-state index in [1.54, 1.807) is 27.7 Å². The van der Waals surface area contributed by atoms with Crippen molar-refractivity contribution in [2.45, 2.75) is 59.5 Å². The molecule has 2 aromatic rings. The summed E-state index contributed by atoms with van der Waals surface area (Å²) < 4.78 is 23.9. The third-order valence-corrected chi connectivity index (χ3v) is 11.0. The van der Waals surface area contributed by atoms with Crippen LogP contribution < -0.4 is 15.6 Å². The molecule has 1 heterocycles. The molecule has 18 nitrogen and oxygen atoms in total. The fraction of sp³-hybridized carbons (Fsp3) is 0.564. The molecule has 3 rings (SSSR count). The van der Waals surface area contributed by atoms with Crippen molar-refractivity contribution in [2.75, 3.05) is 85.1 Å². The molecule has 1 aliphatic heterocycles. The number of nitrogens with two attached hydrogens (primary N) is 1. The zero-order valence-electron chi connectivity index (χ0n) is 34.0. The van der Waals surface area contributed by atoms with Crippen LogP contribution in [0.15, 0.2) is 24.3 Å². The lowest BCUT2D eigenvalue weighted by atomic mass is 9.90. The van der Waals surface area contributed by atoms with E-state index in [2.05, 4.69) is 17.4 Å². The number of carbonyl (C=O) groups is 5. The van der Waals surface area contributed by atoms with Crippen LogP contribution in [0.4, 0.5) is 0 Å². The van der Waals surface area contributed by atoms with Crippen molar-refractivity contribution in [1.29, 1.82) is 0 Å². The van der Waals surface area contributed by atoms with Gasteiger partial charge in [0.25, 0.3) is 0 Å². The summed E-state index contributed by atoms with van der Waals surface area (Å²) in [5.74, 6) is -3.78. The molecule has 0 aromatic heterocycles. The predicted molar refractivity (Wildman–Crippen MR) is 216 cm³/mol. The number of phosphoric ester groups is 1. The molecule has 322 valence electrons. The average Bonchev–Trinajstić information content (AvgIpc) is 3.12. The zero-order chi connectivity index (χ0) is 43.2. The lowest BCUT2D eigenvalue weighted by Crippen LogP contribution is -2.52. The molecule has 2 unspecified atom stereocenters. The number of rotatable bonds is 19. The van der Waals surface area contributed by atoms with Crippen molar-refractivity contribution in [3.05, 3.63) is 52.1 Å². The first-order chi connectivity index (χ1) is 27.3. The Labute approximate surface area is 339 Å². The summed E-state index contributed by atoms with van der Waals surface area (Å²) in [6.45, 7) is 10.7. The summed E-state index contributed by atoms with van der Waals surface area (Å²) in [7, 11) is -4.61. The molecule has 0 bridgehead atoms. The molecule has 0 radical (unpaired) electrons. The minimum Gasteiger partial charge on any atom is -0.480 e. The number of nitrogens with one attached hydrogen (secondary N) is 1. The molecule has 58 heavy (non-hydrogen) atoms. The number of aryl methyl sites for hydroxylation is 5. The van der Waals surface area contributed by atoms with E-state index in [-0.39, 0.29) is 90.6 Å². The van der Waals surface area contributed by atoms with Crippen molar-refractivity contribution in [3.8, 4) is 16.9 Å². The first-order valence-electron chi connectivity index (χ1n) is 19.2. The number of hydrogen-bond donors (Lipinski definition) is 6. The minimum absolute atomic E-state index is 0.0262. The van der Waals surface area contributed by atoms with E-state index in [0.29, 0.717) is 18.7 Å². The fourth-order valence-electron chi connectivity index (χ4n) is 7.06. The van der Waals surface area contributed by atoms with Crippen molar-refractivity contribution in [3.63, 3.8) is 0 Å². The highest BCUT2D eigenvalue weighted by atomic mass is 31.2. The number of aldehydes is 1. The van der Waals surface area contributed by atoms with Gasteiger partial charge in [-0.05, 0) is 93.0 Å². The molecule has 0 aliphatic carbocycles. The first kappa shape index (κ1) is 48.1. The number of benzene rings is 2. The van der Waals surface area contributed by atoms with Crippen LogP contribution in [0.25, 0.3) is 11.1 Å². The molecule has 1 fully saturated rings. The normalized spacial score (nSPS) is 17.6. The lowest BCUT2D eigenvalue weighted by molar-refractivity contribution is -0.144. The Kier molecular flexibility index (Phi) is 18.9. The van der Waals surface area contributed by atoms with Crippen LogP contribution in [0.5, 0.6) is 5.75 Å². The number of nitrogens with zero attached hydrogens (tertiary/aromatic N) is 4. The molecule has 1 aliphatic rings. The predicted octanol–water partition coefficient (Wildman–Crippen LogP) is 1.66. The van der Waals surface area contributed by atoms with Crippen molar-refractivity contribution >= 4 is 37.9 Å². The van der Waals surface area contributed by atoms with Gasteiger partial charge in [0.15, 0.2) is 0 Å². The number of phosphoric acid groups is 1. The Balaban J connectivity index is 1.68. The summed E-state index contributed by atoms with van der Waals surface area (Å²) in [5, 5.41) is 31.4.